The smallest absolute Gasteiger partial charge is 0.170 e. The van der Waals surface area contributed by atoms with Crippen LogP contribution in [0.4, 0.5) is 5.69 Å². The van der Waals surface area contributed by atoms with Crippen molar-refractivity contribution in [2.75, 3.05) is 31.6 Å². The number of nitrogens with one attached hydrogen (secondary N) is 2. The summed E-state index contributed by atoms with van der Waals surface area (Å²) >= 11 is 5.44. The predicted molar refractivity (Wildman–Crippen MR) is 98.8 cm³/mol. The molecule has 1 saturated heterocycles. The van der Waals surface area contributed by atoms with Gasteiger partial charge in [0, 0.05) is 31.4 Å². The van der Waals surface area contributed by atoms with Crippen LogP contribution in [-0.4, -0.2) is 42.4 Å². The van der Waals surface area contributed by atoms with Crippen LogP contribution < -0.4 is 10.6 Å². The Balaban J connectivity index is 1.45. The van der Waals surface area contributed by atoms with E-state index in [9.17, 15) is 0 Å². The summed E-state index contributed by atoms with van der Waals surface area (Å²) in [5.74, 6) is 0. The Morgan fingerprint density at radius 1 is 1.09 bits per heavy atom. The highest BCUT2D eigenvalue weighted by molar-refractivity contribution is 7.80. The van der Waals surface area contributed by atoms with Gasteiger partial charge in [-0.2, -0.15) is 0 Å². The van der Waals surface area contributed by atoms with Crippen molar-refractivity contribution >= 4 is 23.0 Å². The average molecular weight is 334 g/mol. The molecule has 23 heavy (non-hydrogen) atoms. The number of hydrogen-bond acceptors (Lipinski definition) is 3. The quantitative estimate of drug-likeness (QED) is 0.828. The van der Waals surface area contributed by atoms with Crippen LogP contribution in [0.25, 0.3) is 0 Å². The summed E-state index contributed by atoms with van der Waals surface area (Å²) in [5, 5.41) is 7.50. The fraction of sp³-hybridized carbons (Fsp3) is 0.611. The van der Waals surface area contributed by atoms with Gasteiger partial charge < -0.3 is 15.4 Å². The second-order valence-corrected chi connectivity index (χ2v) is 6.93. The standard InChI is InChI=1S/C18H27N3OS/c23-18(19-16-4-2-1-3-5-16)20-17-8-6-15(7-9-17)14-21-10-12-22-13-11-21/h6-9,16H,1-5,10-14H2,(H2,19,20,23). The molecule has 0 atom stereocenters. The fourth-order valence-electron chi connectivity index (χ4n) is 3.31. The molecule has 126 valence electrons. The molecule has 0 bridgehead atoms. The van der Waals surface area contributed by atoms with E-state index in [2.05, 4.69) is 39.8 Å². The third kappa shape index (κ3) is 5.44. The first kappa shape index (κ1) is 16.7. The number of hydrogen-bond donors (Lipinski definition) is 2. The van der Waals surface area contributed by atoms with Crippen molar-refractivity contribution in [2.45, 2.75) is 44.7 Å². The number of ether oxygens (including phenoxy) is 1. The molecule has 0 unspecified atom stereocenters. The molecule has 0 aromatic heterocycles. The summed E-state index contributed by atoms with van der Waals surface area (Å²) in [7, 11) is 0. The lowest BCUT2D eigenvalue weighted by atomic mass is 9.96. The third-order valence-electron chi connectivity index (χ3n) is 4.66. The van der Waals surface area contributed by atoms with Crippen LogP contribution in [0.3, 0.4) is 0 Å². The maximum Gasteiger partial charge on any atom is 0.170 e. The van der Waals surface area contributed by atoms with Crippen LogP contribution in [0.1, 0.15) is 37.7 Å². The molecular formula is C18H27N3OS. The minimum absolute atomic E-state index is 0.546. The Morgan fingerprint density at radius 2 is 1.78 bits per heavy atom. The molecule has 1 aromatic carbocycles. The Labute approximate surface area is 144 Å². The Kier molecular flexibility index (Phi) is 6.25. The van der Waals surface area contributed by atoms with Crippen molar-refractivity contribution in [3.63, 3.8) is 0 Å². The normalized spacial score (nSPS) is 20.2. The SMILES string of the molecule is S=C(Nc1ccc(CN2CCOCC2)cc1)NC1CCCCC1. The van der Waals surface area contributed by atoms with Crippen LogP contribution in [0.15, 0.2) is 24.3 Å². The van der Waals surface area contributed by atoms with Crippen molar-refractivity contribution < 1.29 is 4.74 Å². The lowest BCUT2D eigenvalue weighted by Gasteiger charge is -2.26. The maximum atomic E-state index is 5.44. The summed E-state index contributed by atoms with van der Waals surface area (Å²) in [6.45, 7) is 4.74. The number of nitrogens with zero attached hydrogens (tertiary/aromatic N) is 1. The van der Waals surface area contributed by atoms with Crippen LogP contribution in [0, 0.1) is 0 Å². The van der Waals surface area contributed by atoms with Crippen molar-refractivity contribution in [3.8, 4) is 0 Å². The minimum Gasteiger partial charge on any atom is -0.379 e. The molecule has 1 saturated carbocycles. The van der Waals surface area contributed by atoms with Crippen molar-refractivity contribution in [2.24, 2.45) is 0 Å². The van der Waals surface area contributed by atoms with Gasteiger partial charge in [-0.05, 0) is 42.8 Å². The summed E-state index contributed by atoms with van der Waals surface area (Å²) in [5.41, 5.74) is 2.40. The molecular weight excluding hydrogens is 306 g/mol. The largest absolute Gasteiger partial charge is 0.379 e. The highest BCUT2D eigenvalue weighted by Gasteiger charge is 2.14. The Bertz CT molecular complexity index is 493. The van der Waals surface area contributed by atoms with E-state index in [0.717, 1.165) is 43.6 Å². The third-order valence-corrected chi connectivity index (χ3v) is 4.88. The number of benzene rings is 1. The van der Waals surface area contributed by atoms with Crippen LogP contribution >= 0.6 is 12.2 Å². The van der Waals surface area contributed by atoms with E-state index >= 15 is 0 Å². The molecule has 3 rings (SSSR count). The van der Waals surface area contributed by atoms with Gasteiger partial charge >= 0.3 is 0 Å². The molecule has 2 fully saturated rings. The van der Waals surface area contributed by atoms with Crippen molar-refractivity contribution in [3.05, 3.63) is 29.8 Å². The second kappa shape index (κ2) is 8.62. The van der Waals surface area contributed by atoms with Gasteiger partial charge in [0.1, 0.15) is 0 Å². The number of morpholine rings is 1. The average Bonchev–Trinajstić information content (AvgIpc) is 2.58. The topological polar surface area (TPSA) is 36.5 Å². The molecule has 1 heterocycles. The van der Waals surface area contributed by atoms with Crippen LogP contribution in [0.2, 0.25) is 0 Å². The van der Waals surface area contributed by atoms with E-state index in [4.69, 9.17) is 17.0 Å². The van der Waals surface area contributed by atoms with E-state index in [1.165, 1.54) is 37.7 Å². The van der Waals surface area contributed by atoms with E-state index in [-0.39, 0.29) is 0 Å². The molecule has 0 spiro atoms. The van der Waals surface area contributed by atoms with Crippen LogP contribution in [0.5, 0.6) is 0 Å². The van der Waals surface area contributed by atoms with E-state index < -0.39 is 0 Å². The zero-order valence-electron chi connectivity index (χ0n) is 13.7. The van der Waals surface area contributed by atoms with Crippen LogP contribution in [-0.2, 0) is 11.3 Å². The summed E-state index contributed by atoms with van der Waals surface area (Å²) in [6, 6.07) is 9.14. The lowest BCUT2D eigenvalue weighted by molar-refractivity contribution is 0.0342. The first-order valence-electron chi connectivity index (χ1n) is 8.76. The lowest BCUT2D eigenvalue weighted by Crippen LogP contribution is -2.38. The van der Waals surface area contributed by atoms with Gasteiger partial charge in [-0.25, -0.2) is 0 Å². The number of thiocarbonyl (C=S) groups is 1. The summed E-state index contributed by atoms with van der Waals surface area (Å²) in [6.07, 6.45) is 6.47. The fourth-order valence-corrected chi connectivity index (χ4v) is 3.59. The van der Waals surface area contributed by atoms with Gasteiger partial charge in [0.2, 0.25) is 0 Å². The summed E-state index contributed by atoms with van der Waals surface area (Å²) < 4.78 is 5.39. The Hall–Kier alpha value is -1.17. The monoisotopic (exact) mass is 333 g/mol. The molecule has 2 aliphatic rings. The van der Waals surface area contributed by atoms with Gasteiger partial charge in [0.05, 0.1) is 13.2 Å². The van der Waals surface area contributed by atoms with Gasteiger partial charge in [-0.1, -0.05) is 31.4 Å². The molecule has 4 nitrogen and oxygen atoms in total. The Morgan fingerprint density at radius 3 is 2.48 bits per heavy atom. The zero-order chi connectivity index (χ0) is 15.9. The van der Waals surface area contributed by atoms with Crippen molar-refractivity contribution in [1.29, 1.82) is 0 Å². The maximum absolute atomic E-state index is 5.44. The highest BCUT2D eigenvalue weighted by Crippen LogP contribution is 2.18. The molecule has 0 radical (unpaired) electrons. The summed E-state index contributed by atoms with van der Waals surface area (Å²) in [4.78, 5) is 2.43. The van der Waals surface area contributed by atoms with Gasteiger partial charge in [0.25, 0.3) is 0 Å². The number of anilines is 1. The predicted octanol–water partition coefficient (Wildman–Crippen LogP) is 3.14. The van der Waals surface area contributed by atoms with Gasteiger partial charge in [-0.15, -0.1) is 0 Å². The first-order valence-corrected chi connectivity index (χ1v) is 9.17. The second-order valence-electron chi connectivity index (χ2n) is 6.52. The highest BCUT2D eigenvalue weighted by atomic mass is 32.1. The molecule has 5 heteroatoms. The molecule has 1 aromatic rings. The van der Waals surface area contributed by atoms with Gasteiger partial charge in [-0.3, -0.25) is 4.90 Å². The molecule has 0 amide bonds. The van der Waals surface area contributed by atoms with E-state index in [0.29, 0.717) is 6.04 Å². The molecule has 1 aliphatic carbocycles. The van der Waals surface area contributed by atoms with Gasteiger partial charge in [0.15, 0.2) is 5.11 Å². The zero-order valence-corrected chi connectivity index (χ0v) is 14.5. The molecule has 1 aliphatic heterocycles. The first-order chi connectivity index (χ1) is 11.3. The van der Waals surface area contributed by atoms with E-state index in [1.807, 2.05) is 0 Å². The molecule has 2 N–H and O–H groups in total. The van der Waals surface area contributed by atoms with Crippen molar-refractivity contribution in [1.82, 2.24) is 10.2 Å². The van der Waals surface area contributed by atoms with E-state index in [1.54, 1.807) is 0 Å². The number of rotatable bonds is 4. The minimum atomic E-state index is 0.546.